The molecule has 0 heterocycles. The Morgan fingerprint density at radius 3 is 2.61 bits per heavy atom. The van der Waals surface area contributed by atoms with Gasteiger partial charge < -0.3 is 20.7 Å². The van der Waals surface area contributed by atoms with Gasteiger partial charge in [-0.1, -0.05) is 12.1 Å². The van der Waals surface area contributed by atoms with Crippen LogP contribution in [-0.2, 0) is 11.3 Å². The average molecular weight is 251 g/mol. The largest absolute Gasteiger partial charge is 0.385 e. The second-order valence-electron chi connectivity index (χ2n) is 4.10. The lowest BCUT2D eigenvalue weighted by atomic mass is 10.2. The van der Waals surface area contributed by atoms with Gasteiger partial charge in [-0.25, -0.2) is 4.79 Å². The molecule has 0 aliphatic rings. The van der Waals surface area contributed by atoms with Gasteiger partial charge in [0.2, 0.25) is 0 Å². The first-order valence-corrected chi connectivity index (χ1v) is 5.97. The highest BCUT2D eigenvalue weighted by molar-refractivity contribution is 5.89. The van der Waals surface area contributed by atoms with E-state index in [-0.39, 0.29) is 6.03 Å². The number of hydrogen-bond donors (Lipinski definition) is 2. The number of nitrogens with zero attached hydrogens (tertiary/aromatic N) is 1. The fourth-order valence-corrected chi connectivity index (χ4v) is 1.49. The van der Waals surface area contributed by atoms with Gasteiger partial charge in [0.05, 0.1) is 0 Å². The fourth-order valence-electron chi connectivity index (χ4n) is 1.49. The highest BCUT2D eigenvalue weighted by Gasteiger charge is 2.07. The molecule has 0 aromatic heterocycles. The fraction of sp³-hybridized carbons (Fsp3) is 0.462. The summed E-state index contributed by atoms with van der Waals surface area (Å²) in [6.45, 7) is 1.83. The molecule has 1 rings (SSSR count). The van der Waals surface area contributed by atoms with Crippen molar-refractivity contribution in [2.24, 2.45) is 5.73 Å². The SMILES string of the molecule is COCCCN(C)C(=O)Nc1ccc(CN)cc1. The molecule has 2 amide bonds. The minimum absolute atomic E-state index is 0.119. The molecule has 1 aromatic rings. The standard InChI is InChI=1S/C13H21N3O2/c1-16(8-3-9-18-2)13(17)15-12-6-4-11(10-14)5-7-12/h4-7H,3,8-10,14H2,1-2H3,(H,15,17). The number of nitrogens with two attached hydrogens (primary N) is 1. The van der Waals surface area contributed by atoms with Crippen molar-refractivity contribution in [3.63, 3.8) is 0 Å². The lowest BCUT2D eigenvalue weighted by molar-refractivity contribution is 0.179. The number of rotatable bonds is 6. The number of methoxy groups -OCH3 is 1. The van der Waals surface area contributed by atoms with E-state index in [4.69, 9.17) is 10.5 Å². The van der Waals surface area contributed by atoms with E-state index >= 15 is 0 Å². The van der Waals surface area contributed by atoms with Crippen LogP contribution in [0.4, 0.5) is 10.5 Å². The first kappa shape index (κ1) is 14.5. The van der Waals surface area contributed by atoms with Crippen LogP contribution in [0, 0.1) is 0 Å². The third-order valence-electron chi connectivity index (χ3n) is 2.63. The minimum atomic E-state index is -0.119. The Morgan fingerprint density at radius 1 is 1.39 bits per heavy atom. The maximum atomic E-state index is 11.8. The topological polar surface area (TPSA) is 67.6 Å². The lowest BCUT2D eigenvalue weighted by Gasteiger charge is -2.17. The zero-order valence-corrected chi connectivity index (χ0v) is 11.0. The summed E-state index contributed by atoms with van der Waals surface area (Å²) in [5.74, 6) is 0. The molecule has 5 nitrogen and oxygen atoms in total. The Morgan fingerprint density at radius 2 is 2.06 bits per heavy atom. The molecule has 0 unspecified atom stereocenters. The molecule has 1 aromatic carbocycles. The summed E-state index contributed by atoms with van der Waals surface area (Å²) in [4.78, 5) is 13.4. The van der Waals surface area contributed by atoms with Gasteiger partial charge in [-0.15, -0.1) is 0 Å². The van der Waals surface area contributed by atoms with Crippen molar-refractivity contribution in [1.29, 1.82) is 0 Å². The molecule has 0 saturated heterocycles. The molecule has 0 radical (unpaired) electrons. The Labute approximate surface area is 108 Å². The number of hydrogen-bond acceptors (Lipinski definition) is 3. The number of anilines is 1. The van der Waals surface area contributed by atoms with Crippen molar-refractivity contribution in [2.75, 3.05) is 32.6 Å². The smallest absolute Gasteiger partial charge is 0.321 e. The second-order valence-corrected chi connectivity index (χ2v) is 4.10. The molecule has 0 aliphatic heterocycles. The van der Waals surface area contributed by atoms with Crippen molar-refractivity contribution in [3.05, 3.63) is 29.8 Å². The van der Waals surface area contributed by atoms with Crippen molar-refractivity contribution < 1.29 is 9.53 Å². The number of ether oxygens (including phenoxy) is 1. The highest BCUT2D eigenvalue weighted by Crippen LogP contribution is 2.09. The average Bonchev–Trinajstić information content (AvgIpc) is 2.39. The van der Waals surface area contributed by atoms with E-state index in [1.54, 1.807) is 19.1 Å². The van der Waals surface area contributed by atoms with Gasteiger partial charge >= 0.3 is 6.03 Å². The summed E-state index contributed by atoms with van der Waals surface area (Å²) in [5, 5.41) is 2.83. The summed E-state index contributed by atoms with van der Waals surface area (Å²) >= 11 is 0. The predicted octanol–water partition coefficient (Wildman–Crippen LogP) is 1.65. The molecule has 0 saturated carbocycles. The summed E-state index contributed by atoms with van der Waals surface area (Å²) in [6, 6.07) is 7.39. The van der Waals surface area contributed by atoms with Crippen LogP contribution in [0.15, 0.2) is 24.3 Å². The number of carbonyl (C=O) groups excluding carboxylic acids is 1. The minimum Gasteiger partial charge on any atom is -0.385 e. The monoisotopic (exact) mass is 251 g/mol. The molecular weight excluding hydrogens is 230 g/mol. The van der Waals surface area contributed by atoms with E-state index in [0.717, 1.165) is 17.7 Å². The highest BCUT2D eigenvalue weighted by atomic mass is 16.5. The van der Waals surface area contributed by atoms with E-state index < -0.39 is 0 Å². The van der Waals surface area contributed by atoms with Crippen LogP contribution in [0.1, 0.15) is 12.0 Å². The van der Waals surface area contributed by atoms with Crippen molar-refractivity contribution >= 4 is 11.7 Å². The zero-order valence-electron chi connectivity index (χ0n) is 11.0. The molecule has 18 heavy (non-hydrogen) atoms. The van der Waals surface area contributed by atoms with Crippen molar-refractivity contribution in [3.8, 4) is 0 Å². The summed E-state index contributed by atoms with van der Waals surface area (Å²) in [7, 11) is 3.41. The van der Waals surface area contributed by atoms with Crippen LogP contribution in [0.5, 0.6) is 0 Å². The van der Waals surface area contributed by atoms with Crippen LogP contribution in [0.3, 0.4) is 0 Å². The van der Waals surface area contributed by atoms with Gasteiger partial charge in [0.1, 0.15) is 0 Å². The number of nitrogens with one attached hydrogen (secondary N) is 1. The van der Waals surface area contributed by atoms with E-state index in [1.165, 1.54) is 0 Å². The first-order valence-electron chi connectivity index (χ1n) is 5.97. The zero-order chi connectivity index (χ0) is 13.4. The Hall–Kier alpha value is -1.59. The van der Waals surface area contributed by atoms with Crippen LogP contribution in [0.2, 0.25) is 0 Å². The van der Waals surface area contributed by atoms with Gasteiger partial charge in [-0.05, 0) is 24.1 Å². The van der Waals surface area contributed by atoms with Gasteiger partial charge in [0.25, 0.3) is 0 Å². The van der Waals surface area contributed by atoms with Crippen molar-refractivity contribution in [1.82, 2.24) is 4.90 Å². The molecule has 0 spiro atoms. The first-order chi connectivity index (χ1) is 8.67. The number of carbonyl (C=O) groups is 1. The maximum Gasteiger partial charge on any atom is 0.321 e. The Bertz CT molecular complexity index is 365. The van der Waals surface area contributed by atoms with Crippen LogP contribution in [0.25, 0.3) is 0 Å². The Balaban J connectivity index is 2.42. The number of benzene rings is 1. The summed E-state index contributed by atoms with van der Waals surface area (Å²) in [5.41, 5.74) is 7.33. The van der Waals surface area contributed by atoms with Crippen LogP contribution in [-0.4, -0.2) is 38.2 Å². The molecule has 0 fully saturated rings. The third kappa shape index (κ3) is 4.73. The normalized spacial score (nSPS) is 10.2. The van der Waals surface area contributed by atoms with Crippen LogP contribution < -0.4 is 11.1 Å². The van der Waals surface area contributed by atoms with Gasteiger partial charge in [-0.3, -0.25) is 0 Å². The maximum absolute atomic E-state index is 11.8. The van der Waals surface area contributed by atoms with Crippen molar-refractivity contribution in [2.45, 2.75) is 13.0 Å². The van der Waals surface area contributed by atoms with Gasteiger partial charge in [0, 0.05) is 39.5 Å². The van der Waals surface area contributed by atoms with Gasteiger partial charge in [0.15, 0.2) is 0 Å². The third-order valence-corrected chi connectivity index (χ3v) is 2.63. The van der Waals surface area contributed by atoms with E-state index in [0.29, 0.717) is 19.7 Å². The predicted molar refractivity (Wildman–Crippen MR) is 72.5 cm³/mol. The quantitative estimate of drug-likeness (QED) is 0.755. The molecule has 100 valence electrons. The molecule has 0 atom stereocenters. The lowest BCUT2D eigenvalue weighted by Crippen LogP contribution is -2.32. The van der Waals surface area contributed by atoms with E-state index in [2.05, 4.69) is 5.32 Å². The van der Waals surface area contributed by atoms with Gasteiger partial charge in [-0.2, -0.15) is 0 Å². The van der Waals surface area contributed by atoms with E-state index in [9.17, 15) is 4.79 Å². The second kappa shape index (κ2) is 7.68. The van der Waals surface area contributed by atoms with E-state index in [1.807, 2.05) is 24.3 Å². The summed E-state index contributed by atoms with van der Waals surface area (Å²) in [6.07, 6.45) is 0.826. The molecule has 5 heteroatoms. The molecule has 0 bridgehead atoms. The molecule has 0 aliphatic carbocycles. The number of amides is 2. The number of urea groups is 1. The van der Waals surface area contributed by atoms with Crippen LogP contribution >= 0.6 is 0 Å². The summed E-state index contributed by atoms with van der Waals surface area (Å²) < 4.78 is 4.95. The Kier molecular flexibility index (Phi) is 6.18. The molecule has 3 N–H and O–H groups in total. The molecular formula is C13H21N3O2.